The Morgan fingerprint density at radius 1 is 1.07 bits per heavy atom. The summed E-state index contributed by atoms with van der Waals surface area (Å²) in [5.74, 6) is 1.49. The van der Waals surface area contributed by atoms with E-state index in [0.29, 0.717) is 27.6 Å². The van der Waals surface area contributed by atoms with Gasteiger partial charge in [-0.1, -0.05) is 34.6 Å². The molecule has 0 saturated heterocycles. The SMILES string of the molecule is Cc1ccc(-n2nnnc2SCc2nc(-c3ccc(Cl)cc3)no2)cc1C. The molecule has 4 rings (SSSR count). The Morgan fingerprint density at radius 3 is 2.67 bits per heavy atom. The summed E-state index contributed by atoms with van der Waals surface area (Å²) in [5.41, 5.74) is 4.17. The third kappa shape index (κ3) is 3.86. The molecule has 2 aromatic carbocycles. The summed E-state index contributed by atoms with van der Waals surface area (Å²) >= 11 is 7.34. The van der Waals surface area contributed by atoms with E-state index in [1.807, 2.05) is 18.2 Å². The predicted molar refractivity (Wildman–Crippen MR) is 103 cm³/mol. The van der Waals surface area contributed by atoms with Gasteiger partial charge in [0.15, 0.2) is 0 Å². The molecule has 0 radical (unpaired) electrons. The second-order valence-corrected chi connectivity index (χ2v) is 7.33. The van der Waals surface area contributed by atoms with Gasteiger partial charge in [-0.05, 0) is 71.8 Å². The van der Waals surface area contributed by atoms with E-state index in [4.69, 9.17) is 16.1 Å². The number of hydrogen-bond donors (Lipinski definition) is 0. The molecule has 2 aromatic heterocycles. The van der Waals surface area contributed by atoms with Gasteiger partial charge < -0.3 is 4.52 Å². The Hall–Kier alpha value is -2.71. The summed E-state index contributed by atoms with van der Waals surface area (Å²) in [7, 11) is 0. The molecule has 0 saturated carbocycles. The predicted octanol–water partition coefficient (Wildman–Crippen LogP) is 4.27. The van der Waals surface area contributed by atoms with Crippen molar-refractivity contribution < 1.29 is 4.52 Å². The molecule has 0 aliphatic heterocycles. The fraction of sp³-hybridized carbons (Fsp3) is 0.167. The van der Waals surface area contributed by atoms with E-state index in [-0.39, 0.29) is 0 Å². The van der Waals surface area contributed by atoms with Crippen molar-refractivity contribution in [1.82, 2.24) is 30.3 Å². The lowest BCUT2D eigenvalue weighted by atomic mass is 10.1. The molecule has 4 aromatic rings. The highest BCUT2D eigenvalue weighted by Gasteiger charge is 2.14. The first-order valence-corrected chi connectivity index (χ1v) is 9.54. The molecule has 0 unspecified atom stereocenters. The Bertz CT molecular complexity index is 1080. The lowest BCUT2D eigenvalue weighted by Crippen LogP contribution is -2.00. The van der Waals surface area contributed by atoms with E-state index in [2.05, 4.69) is 51.6 Å². The minimum Gasteiger partial charge on any atom is -0.338 e. The second kappa shape index (κ2) is 7.50. The molecule has 0 aliphatic carbocycles. The van der Waals surface area contributed by atoms with Crippen molar-refractivity contribution in [3.05, 3.63) is 64.5 Å². The van der Waals surface area contributed by atoms with Crippen LogP contribution in [0.2, 0.25) is 5.02 Å². The normalized spacial score (nSPS) is 11.1. The summed E-state index contributed by atoms with van der Waals surface area (Å²) in [5, 5.41) is 17.3. The maximum Gasteiger partial charge on any atom is 0.237 e. The molecule has 0 amide bonds. The third-order valence-corrected chi connectivity index (χ3v) is 5.23. The standard InChI is InChI=1S/C18H15ClN6OS/c1-11-3-8-15(9-12(11)2)25-18(21-23-24-25)27-10-16-20-17(22-26-16)13-4-6-14(19)7-5-13/h3-9H,10H2,1-2H3. The zero-order valence-corrected chi connectivity index (χ0v) is 16.2. The summed E-state index contributed by atoms with van der Waals surface area (Å²) in [6.45, 7) is 4.13. The molecule has 0 aliphatic rings. The van der Waals surface area contributed by atoms with Gasteiger partial charge >= 0.3 is 0 Å². The first-order chi connectivity index (χ1) is 13.1. The molecular weight excluding hydrogens is 384 g/mol. The number of benzene rings is 2. The monoisotopic (exact) mass is 398 g/mol. The van der Waals surface area contributed by atoms with Crippen LogP contribution in [-0.4, -0.2) is 30.3 Å². The van der Waals surface area contributed by atoms with Crippen LogP contribution in [0, 0.1) is 13.8 Å². The van der Waals surface area contributed by atoms with Crippen LogP contribution in [0.15, 0.2) is 52.1 Å². The molecule has 9 heteroatoms. The average molecular weight is 399 g/mol. The lowest BCUT2D eigenvalue weighted by molar-refractivity contribution is 0.391. The quantitative estimate of drug-likeness (QED) is 0.464. The zero-order chi connectivity index (χ0) is 18.8. The van der Waals surface area contributed by atoms with Gasteiger partial charge in [-0.25, -0.2) is 0 Å². The van der Waals surface area contributed by atoms with Crippen molar-refractivity contribution in [2.45, 2.75) is 24.8 Å². The Kier molecular flexibility index (Phi) is 4.91. The molecule has 136 valence electrons. The van der Waals surface area contributed by atoms with Crippen LogP contribution in [-0.2, 0) is 5.75 Å². The summed E-state index contributed by atoms with van der Waals surface area (Å²) in [4.78, 5) is 4.42. The maximum atomic E-state index is 5.91. The summed E-state index contributed by atoms with van der Waals surface area (Å²) < 4.78 is 7.04. The van der Waals surface area contributed by atoms with Crippen LogP contribution in [0.1, 0.15) is 17.0 Å². The Balaban J connectivity index is 1.49. The highest BCUT2D eigenvalue weighted by molar-refractivity contribution is 7.98. The number of thioether (sulfide) groups is 1. The van der Waals surface area contributed by atoms with E-state index in [9.17, 15) is 0 Å². The van der Waals surface area contributed by atoms with Crippen molar-refractivity contribution in [1.29, 1.82) is 0 Å². The minimum absolute atomic E-state index is 0.464. The molecule has 0 spiro atoms. The Labute approximate surface area is 164 Å². The first-order valence-electron chi connectivity index (χ1n) is 8.17. The first kappa shape index (κ1) is 17.7. The number of nitrogens with zero attached hydrogens (tertiary/aromatic N) is 6. The van der Waals surface area contributed by atoms with E-state index in [1.165, 1.54) is 22.9 Å². The van der Waals surface area contributed by atoms with E-state index in [0.717, 1.165) is 11.3 Å². The highest BCUT2D eigenvalue weighted by Crippen LogP contribution is 2.24. The number of rotatable bonds is 5. The highest BCUT2D eigenvalue weighted by atomic mass is 35.5. The van der Waals surface area contributed by atoms with Crippen molar-refractivity contribution in [2.24, 2.45) is 0 Å². The molecule has 7 nitrogen and oxygen atoms in total. The van der Waals surface area contributed by atoms with Gasteiger partial charge in [-0.15, -0.1) is 5.10 Å². The fourth-order valence-electron chi connectivity index (χ4n) is 2.44. The van der Waals surface area contributed by atoms with Crippen molar-refractivity contribution in [3.8, 4) is 17.1 Å². The van der Waals surface area contributed by atoms with Gasteiger partial charge in [-0.3, -0.25) is 0 Å². The number of aryl methyl sites for hydroxylation is 2. The Morgan fingerprint density at radius 2 is 1.89 bits per heavy atom. The van der Waals surface area contributed by atoms with E-state index in [1.54, 1.807) is 16.8 Å². The molecule has 0 atom stereocenters. The number of halogens is 1. The molecule has 0 bridgehead atoms. The van der Waals surface area contributed by atoms with Crippen LogP contribution >= 0.6 is 23.4 Å². The fourth-order valence-corrected chi connectivity index (χ4v) is 3.30. The molecule has 27 heavy (non-hydrogen) atoms. The van der Waals surface area contributed by atoms with Crippen LogP contribution in [0.5, 0.6) is 0 Å². The number of aromatic nitrogens is 6. The lowest BCUT2D eigenvalue weighted by Gasteiger charge is -2.06. The topological polar surface area (TPSA) is 82.5 Å². The molecule has 2 heterocycles. The number of tetrazole rings is 1. The van der Waals surface area contributed by atoms with Crippen LogP contribution in [0.25, 0.3) is 17.1 Å². The zero-order valence-electron chi connectivity index (χ0n) is 14.6. The van der Waals surface area contributed by atoms with Gasteiger partial charge in [0.2, 0.25) is 16.9 Å². The molecular formula is C18H15ClN6OS. The van der Waals surface area contributed by atoms with Gasteiger partial charge in [0.1, 0.15) is 0 Å². The van der Waals surface area contributed by atoms with Gasteiger partial charge in [0.05, 0.1) is 11.4 Å². The summed E-state index contributed by atoms with van der Waals surface area (Å²) in [6.07, 6.45) is 0. The van der Waals surface area contributed by atoms with Crippen molar-refractivity contribution in [2.75, 3.05) is 0 Å². The minimum atomic E-state index is 0.464. The van der Waals surface area contributed by atoms with Gasteiger partial charge in [0, 0.05) is 10.6 Å². The maximum absolute atomic E-state index is 5.91. The molecule has 0 N–H and O–H groups in total. The van der Waals surface area contributed by atoms with Crippen LogP contribution in [0.3, 0.4) is 0 Å². The van der Waals surface area contributed by atoms with E-state index >= 15 is 0 Å². The smallest absolute Gasteiger partial charge is 0.237 e. The molecule has 0 fully saturated rings. The summed E-state index contributed by atoms with van der Waals surface area (Å²) in [6, 6.07) is 13.4. The second-order valence-electron chi connectivity index (χ2n) is 5.95. The number of hydrogen-bond acceptors (Lipinski definition) is 7. The third-order valence-electron chi connectivity index (χ3n) is 4.07. The largest absolute Gasteiger partial charge is 0.338 e. The average Bonchev–Trinajstić information content (AvgIpc) is 3.32. The van der Waals surface area contributed by atoms with Crippen molar-refractivity contribution >= 4 is 23.4 Å². The van der Waals surface area contributed by atoms with Gasteiger partial charge in [-0.2, -0.15) is 9.67 Å². The van der Waals surface area contributed by atoms with E-state index < -0.39 is 0 Å². The van der Waals surface area contributed by atoms with Crippen LogP contribution < -0.4 is 0 Å². The van der Waals surface area contributed by atoms with Crippen LogP contribution in [0.4, 0.5) is 0 Å². The van der Waals surface area contributed by atoms with Crippen molar-refractivity contribution in [3.63, 3.8) is 0 Å². The van der Waals surface area contributed by atoms with Gasteiger partial charge in [0.25, 0.3) is 0 Å².